The van der Waals surface area contributed by atoms with Crippen LogP contribution in [0.15, 0.2) is 57.5 Å². The van der Waals surface area contributed by atoms with E-state index in [0.29, 0.717) is 0 Å². The van der Waals surface area contributed by atoms with Gasteiger partial charge in [0, 0.05) is 20.1 Å². The van der Waals surface area contributed by atoms with Gasteiger partial charge in [0.05, 0.1) is 0 Å². The van der Waals surface area contributed by atoms with Crippen LogP contribution in [-0.4, -0.2) is 18.4 Å². The molecule has 0 aliphatic rings. The van der Waals surface area contributed by atoms with Crippen LogP contribution in [0.1, 0.15) is 34.6 Å². The number of carbonyl (C=O) groups excluding carboxylic acids is 3. The van der Waals surface area contributed by atoms with Crippen molar-refractivity contribution in [1.29, 1.82) is 0 Å². The molecule has 3 nitrogen and oxygen atoms in total. The lowest BCUT2D eigenvalue weighted by Gasteiger charge is -1.92. The van der Waals surface area contributed by atoms with E-state index in [-0.39, 0.29) is 11.6 Å². The lowest BCUT2D eigenvalue weighted by Crippen LogP contribution is -1.89. The highest BCUT2D eigenvalue weighted by Crippen LogP contribution is 2.11. The summed E-state index contributed by atoms with van der Waals surface area (Å²) in [6.07, 6.45) is 0. The molecule has 116 valence electrons. The highest BCUT2D eigenvalue weighted by atomic mass is 79.9. The summed E-state index contributed by atoms with van der Waals surface area (Å²) in [5.41, 5.74) is 1.51. The lowest BCUT2D eigenvalue weighted by atomic mass is 10.2. The summed E-state index contributed by atoms with van der Waals surface area (Å²) in [7, 11) is 0. The van der Waals surface area contributed by atoms with Crippen molar-refractivity contribution in [3.8, 4) is 0 Å². The first-order chi connectivity index (χ1) is 10.4. The third-order valence-electron chi connectivity index (χ3n) is 2.50. The summed E-state index contributed by atoms with van der Waals surface area (Å²) in [4.78, 5) is 29.5. The van der Waals surface area contributed by atoms with E-state index in [9.17, 15) is 9.59 Å². The second-order valence-corrected chi connectivity index (χ2v) is 5.96. The summed E-state index contributed by atoms with van der Waals surface area (Å²) in [5, 5.41) is 0. The fourth-order valence-corrected chi connectivity index (χ4v) is 1.90. The first-order valence-electron chi connectivity index (χ1n) is 6.22. The molecule has 0 aliphatic heterocycles. The van der Waals surface area contributed by atoms with E-state index in [1.54, 1.807) is 38.1 Å². The second kappa shape index (κ2) is 11.0. The Morgan fingerprint density at radius 3 is 1.09 bits per heavy atom. The number of rotatable bonds is 2. The Labute approximate surface area is 147 Å². The van der Waals surface area contributed by atoms with Crippen LogP contribution in [0.3, 0.4) is 0 Å². The Morgan fingerprint density at radius 1 is 0.682 bits per heavy atom. The molecule has 0 fully saturated rings. The Morgan fingerprint density at radius 2 is 0.909 bits per heavy atom. The molecule has 0 spiro atoms. The number of halogens is 2. The summed E-state index contributed by atoms with van der Waals surface area (Å²) in [6.45, 7) is 5.12. The highest BCUT2D eigenvalue weighted by molar-refractivity contribution is 9.10. The molecule has 0 saturated carbocycles. The molecule has 2 aromatic carbocycles. The summed E-state index contributed by atoms with van der Waals surface area (Å²) >= 11 is 6.57. The van der Waals surface area contributed by atoms with Gasteiger partial charge in [0.2, 0.25) is 0 Å². The summed E-state index contributed by atoms with van der Waals surface area (Å²) in [5.74, 6) is 0.208. The number of hydrogen-bond donors (Lipinski definition) is 0. The number of carbonyl (C=O) groups is 3. The maximum Gasteiger partial charge on any atom is 0.159 e. The minimum atomic E-state index is 0.104. The van der Waals surface area contributed by atoms with E-state index in [2.05, 4.69) is 31.9 Å². The molecular weight excluding hydrogens is 412 g/mol. The van der Waals surface area contributed by atoms with Crippen molar-refractivity contribution in [1.82, 2.24) is 0 Å². The Kier molecular flexibility index (Phi) is 10.2. The first-order valence-corrected chi connectivity index (χ1v) is 7.80. The van der Waals surface area contributed by atoms with Gasteiger partial charge in [-0.15, -0.1) is 0 Å². The molecule has 22 heavy (non-hydrogen) atoms. The molecule has 2 rings (SSSR count). The fourth-order valence-electron chi connectivity index (χ4n) is 1.37. The third kappa shape index (κ3) is 8.00. The van der Waals surface area contributed by atoms with E-state index in [1.807, 2.05) is 31.1 Å². The minimum absolute atomic E-state index is 0.104. The Balaban J connectivity index is 0.000000360. The van der Waals surface area contributed by atoms with Crippen LogP contribution >= 0.6 is 31.9 Å². The molecule has 0 N–H and O–H groups in total. The molecule has 0 amide bonds. The Hall–Kier alpha value is -1.59. The van der Waals surface area contributed by atoms with E-state index in [4.69, 9.17) is 4.79 Å². The second-order valence-electron chi connectivity index (χ2n) is 4.13. The van der Waals surface area contributed by atoms with Crippen molar-refractivity contribution in [3.05, 3.63) is 68.6 Å². The molecule has 0 aromatic heterocycles. The minimum Gasteiger partial charge on any atom is -0.307 e. The van der Waals surface area contributed by atoms with E-state index in [1.165, 1.54) is 0 Å². The van der Waals surface area contributed by atoms with E-state index in [0.717, 1.165) is 20.1 Å². The largest absolute Gasteiger partial charge is 0.307 e. The zero-order valence-electron chi connectivity index (χ0n) is 12.3. The molecule has 0 saturated heterocycles. The van der Waals surface area contributed by atoms with Crippen LogP contribution in [0, 0.1) is 0 Å². The van der Waals surface area contributed by atoms with Crippen molar-refractivity contribution in [3.63, 3.8) is 0 Å². The lowest BCUT2D eigenvalue weighted by molar-refractivity contribution is -0.0980. The maximum atomic E-state index is 10.7. The summed E-state index contributed by atoms with van der Waals surface area (Å²) in [6, 6.07) is 14.6. The van der Waals surface area contributed by atoms with Gasteiger partial charge in [-0.25, -0.2) is 0 Å². The molecule has 0 atom stereocenters. The number of ketones is 2. The van der Waals surface area contributed by atoms with Gasteiger partial charge >= 0.3 is 0 Å². The standard InChI is InChI=1S/2C8H7BrO.CH2O/c2*1-6(10)7-2-4-8(9)5-3-7;1-2/h2*2-5H,1H3;1H2. The van der Waals surface area contributed by atoms with Gasteiger partial charge in [-0.05, 0) is 38.1 Å². The van der Waals surface area contributed by atoms with Crippen LogP contribution in [0.4, 0.5) is 0 Å². The predicted octanol–water partition coefficient (Wildman–Crippen LogP) is 5.12. The molecular formula is C17H16Br2O3. The SMILES string of the molecule is C=O.CC(=O)c1ccc(Br)cc1.CC(=O)c1ccc(Br)cc1. The molecule has 0 unspecified atom stereocenters. The molecule has 0 radical (unpaired) electrons. The maximum absolute atomic E-state index is 10.7. The van der Waals surface area contributed by atoms with Gasteiger partial charge in [0.25, 0.3) is 0 Å². The van der Waals surface area contributed by atoms with Crippen LogP contribution in [0.5, 0.6) is 0 Å². The topological polar surface area (TPSA) is 51.2 Å². The molecule has 5 heteroatoms. The van der Waals surface area contributed by atoms with Crippen molar-refractivity contribution < 1.29 is 14.4 Å². The normalized spacial score (nSPS) is 8.73. The average molecular weight is 428 g/mol. The van der Waals surface area contributed by atoms with Gasteiger partial charge < -0.3 is 4.79 Å². The van der Waals surface area contributed by atoms with Gasteiger partial charge in [-0.2, -0.15) is 0 Å². The number of benzene rings is 2. The van der Waals surface area contributed by atoms with Crippen molar-refractivity contribution in [2.45, 2.75) is 13.8 Å². The molecule has 2 aromatic rings. The average Bonchev–Trinajstić information content (AvgIpc) is 2.51. The van der Waals surface area contributed by atoms with Crippen molar-refractivity contribution in [2.75, 3.05) is 0 Å². The molecule has 0 heterocycles. The summed E-state index contributed by atoms with van der Waals surface area (Å²) < 4.78 is 2.00. The van der Waals surface area contributed by atoms with Gasteiger partial charge in [0.1, 0.15) is 6.79 Å². The van der Waals surface area contributed by atoms with Crippen LogP contribution in [-0.2, 0) is 4.79 Å². The zero-order chi connectivity index (χ0) is 17.1. The monoisotopic (exact) mass is 426 g/mol. The first kappa shape index (κ1) is 20.4. The van der Waals surface area contributed by atoms with Crippen LogP contribution in [0.2, 0.25) is 0 Å². The highest BCUT2D eigenvalue weighted by Gasteiger charge is 1.96. The fraction of sp³-hybridized carbons (Fsp3) is 0.118. The zero-order valence-corrected chi connectivity index (χ0v) is 15.5. The van der Waals surface area contributed by atoms with E-state index >= 15 is 0 Å². The number of Topliss-reactive ketones (excluding diaryl/α,β-unsaturated/α-hetero) is 2. The smallest absolute Gasteiger partial charge is 0.159 e. The van der Waals surface area contributed by atoms with Gasteiger partial charge in [-0.1, -0.05) is 56.1 Å². The van der Waals surface area contributed by atoms with Gasteiger partial charge in [0.15, 0.2) is 11.6 Å². The van der Waals surface area contributed by atoms with E-state index < -0.39 is 0 Å². The molecule has 0 aliphatic carbocycles. The van der Waals surface area contributed by atoms with Crippen molar-refractivity contribution >= 4 is 50.2 Å². The van der Waals surface area contributed by atoms with Gasteiger partial charge in [-0.3, -0.25) is 9.59 Å². The molecule has 0 bridgehead atoms. The number of hydrogen-bond acceptors (Lipinski definition) is 3. The third-order valence-corrected chi connectivity index (χ3v) is 3.56. The van der Waals surface area contributed by atoms with Crippen LogP contribution < -0.4 is 0 Å². The van der Waals surface area contributed by atoms with Crippen LogP contribution in [0.25, 0.3) is 0 Å². The quantitative estimate of drug-likeness (QED) is 0.625. The Bertz CT molecular complexity index is 549. The van der Waals surface area contributed by atoms with Crippen molar-refractivity contribution in [2.24, 2.45) is 0 Å². The predicted molar refractivity (Wildman–Crippen MR) is 95.4 cm³/mol.